The lowest BCUT2D eigenvalue weighted by Crippen LogP contribution is -2.45. The number of carbonyl (C=O) groups excluding carboxylic acids is 2. The highest BCUT2D eigenvalue weighted by Gasteiger charge is 2.33. The van der Waals surface area contributed by atoms with Crippen molar-refractivity contribution in [2.75, 3.05) is 18.9 Å². The van der Waals surface area contributed by atoms with Crippen LogP contribution in [0.4, 0.5) is 10.5 Å². The minimum atomic E-state index is -0.202. The van der Waals surface area contributed by atoms with Crippen molar-refractivity contribution < 1.29 is 9.59 Å². The van der Waals surface area contributed by atoms with E-state index >= 15 is 0 Å². The van der Waals surface area contributed by atoms with Gasteiger partial charge in [0, 0.05) is 53.9 Å². The van der Waals surface area contributed by atoms with Gasteiger partial charge in [-0.3, -0.25) is 4.79 Å². The number of halogens is 2. The summed E-state index contributed by atoms with van der Waals surface area (Å²) in [4.78, 5) is 28.1. The van der Waals surface area contributed by atoms with Crippen LogP contribution in [-0.2, 0) is 6.54 Å². The zero-order chi connectivity index (χ0) is 29.3. The summed E-state index contributed by atoms with van der Waals surface area (Å²) < 4.78 is 0. The molecule has 3 rings (SSSR count). The summed E-state index contributed by atoms with van der Waals surface area (Å²) >= 11 is 12.3. The minimum Gasteiger partial charge on any atom is -0.352 e. The molecule has 1 aliphatic carbocycles. The molecular formula is C29H41Cl2N7O2. The molecule has 0 spiro atoms. The van der Waals surface area contributed by atoms with Crippen LogP contribution in [0.5, 0.6) is 0 Å². The highest BCUT2D eigenvalue weighted by molar-refractivity contribution is 6.35. The molecule has 1 fully saturated rings. The number of hydrogen-bond acceptors (Lipinski definition) is 5. The Morgan fingerprint density at radius 3 is 2.20 bits per heavy atom. The molecule has 6 N–H and O–H groups in total. The van der Waals surface area contributed by atoms with Crippen LogP contribution < -0.4 is 27.3 Å². The van der Waals surface area contributed by atoms with Crippen LogP contribution in [0.3, 0.4) is 0 Å². The van der Waals surface area contributed by atoms with E-state index in [-0.39, 0.29) is 23.4 Å². The van der Waals surface area contributed by atoms with E-state index in [0.29, 0.717) is 52.6 Å². The number of rotatable bonds is 9. The van der Waals surface area contributed by atoms with Crippen molar-refractivity contribution in [3.05, 3.63) is 63.6 Å². The van der Waals surface area contributed by atoms with Gasteiger partial charge in [-0.15, -0.1) is 0 Å². The Bertz CT molecular complexity index is 1150. The van der Waals surface area contributed by atoms with Crippen LogP contribution in [0, 0.1) is 11.3 Å². The maximum absolute atomic E-state index is 13.6. The van der Waals surface area contributed by atoms with Crippen molar-refractivity contribution in [3.63, 3.8) is 0 Å². The standard InChI is InChI=1S/C29H41Cl2N7O2/c1-29(2,3)21-9-11-25(12-10-21)38(28(40)35-24-16-22(30)15-23(31)17-24)18-19-5-7-20(8-6-19)27(39)34-14-13-26(36-32)37-33-4/h5-8,15-17,21,25,33H,9-14,18,32H2,1-4H3,(H,34,39)(H,35,40)(H,36,37). The number of hydrogen-bond donors (Lipinski definition) is 5. The molecule has 0 bridgehead atoms. The second-order valence-electron chi connectivity index (χ2n) is 11.2. The Balaban J connectivity index is 1.70. The third kappa shape index (κ3) is 9.28. The fourth-order valence-corrected chi connectivity index (χ4v) is 5.62. The van der Waals surface area contributed by atoms with Crippen molar-refractivity contribution >= 4 is 46.7 Å². The molecule has 2 aromatic rings. The first-order chi connectivity index (χ1) is 19.0. The fourth-order valence-electron chi connectivity index (χ4n) is 5.09. The number of anilines is 1. The van der Waals surface area contributed by atoms with Crippen molar-refractivity contribution in [3.8, 4) is 0 Å². The van der Waals surface area contributed by atoms with Crippen LogP contribution in [0.2, 0.25) is 10.0 Å². The van der Waals surface area contributed by atoms with Crippen LogP contribution in [0.25, 0.3) is 0 Å². The third-order valence-electron chi connectivity index (χ3n) is 7.37. The van der Waals surface area contributed by atoms with Gasteiger partial charge in [-0.05, 0) is 72.9 Å². The molecule has 0 unspecified atom stereocenters. The van der Waals surface area contributed by atoms with E-state index in [1.54, 1.807) is 37.4 Å². The van der Waals surface area contributed by atoms with E-state index in [4.69, 9.17) is 29.0 Å². The summed E-state index contributed by atoms with van der Waals surface area (Å²) in [6, 6.07) is 12.2. The Labute approximate surface area is 247 Å². The van der Waals surface area contributed by atoms with Crippen LogP contribution in [-0.4, -0.2) is 42.3 Å². The molecule has 2 aromatic carbocycles. The summed E-state index contributed by atoms with van der Waals surface area (Å²) in [5.41, 5.74) is 7.42. The molecule has 218 valence electrons. The number of amides is 3. The summed E-state index contributed by atoms with van der Waals surface area (Å²) in [5.74, 6) is 6.39. The Kier molecular flexibility index (Phi) is 11.5. The fraction of sp³-hybridized carbons (Fsp3) is 0.483. The number of hydrazine groups is 1. The largest absolute Gasteiger partial charge is 0.352 e. The Morgan fingerprint density at radius 2 is 1.65 bits per heavy atom. The predicted octanol–water partition coefficient (Wildman–Crippen LogP) is 5.75. The van der Waals surface area contributed by atoms with E-state index in [0.717, 1.165) is 31.2 Å². The van der Waals surface area contributed by atoms with E-state index in [2.05, 4.69) is 47.4 Å². The molecule has 9 nitrogen and oxygen atoms in total. The molecule has 0 aliphatic heterocycles. The zero-order valence-corrected chi connectivity index (χ0v) is 25.2. The molecule has 0 atom stereocenters. The van der Waals surface area contributed by atoms with Crippen molar-refractivity contribution in [2.24, 2.45) is 22.3 Å². The lowest BCUT2D eigenvalue weighted by Gasteiger charge is -2.41. The van der Waals surface area contributed by atoms with Gasteiger partial charge in [0.1, 0.15) is 5.84 Å². The first kappa shape index (κ1) is 31.5. The van der Waals surface area contributed by atoms with Gasteiger partial charge in [-0.25, -0.2) is 10.6 Å². The number of hydrazone groups is 1. The summed E-state index contributed by atoms with van der Waals surface area (Å²) in [5, 5.41) is 10.7. The van der Waals surface area contributed by atoms with Crippen LogP contribution in [0.1, 0.15) is 68.8 Å². The van der Waals surface area contributed by atoms with E-state index in [1.807, 2.05) is 17.0 Å². The Morgan fingerprint density at radius 1 is 1.02 bits per heavy atom. The van der Waals surface area contributed by atoms with Gasteiger partial charge < -0.3 is 26.4 Å². The number of nitrogens with two attached hydrogens (primary N) is 1. The molecule has 0 heterocycles. The molecule has 11 heteroatoms. The SMILES string of the molecule is CN/N=C(/CCNC(=O)c1ccc(CN(C(=O)Nc2cc(Cl)cc(Cl)c2)C2CCC(C(C)(C)C)CC2)cc1)NN. The quantitative estimate of drug-likeness (QED) is 0.110. The number of nitrogens with one attached hydrogen (secondary N) is 4. The molecule has 0 saturated heterocycles. The maximum Gasteiger partial charge on any atom is 0.322 e. The highest BCUT2D eigenvalue weighted by atomic mass is 35.5. The predicted molar refractivity (Wildman–Crippen MR) is 163 cm³/mol. The molecular weight excluding hydrogens is 549 g/mol. The highest BCUT2D eigenvalue weighted by Crippen LogP contribution is 2.39. The van der Waals surface area contributed by atoms with Gasteiger partial charge in [0.15, 0.2) is 0 Å². The van der Waals surface area contributed by atoms with Crippen molar-refractivity contribution in [2.45, 2.75) is 65.5 Å². The second-order valence-corrected chi connectivity index (χ2v) is 12.1. The van der Waals surface area contributed by atoms with E-state index in [1.165, 1.54) is 0 Å². The maximum atomic E-state index is 13.6. The smallest absolute Gasteiger partial charge is 0.322 e. The summed E-state index contributed by atoms with van der Waals surface area (Å²) in [6.07, 6.45) is 4.47. The number of nitrogens with zero attached hydrogens (tertiary/aromatic N) is 2. The van der Waals surface area contributed by atoms with Gasteiger partial charge >= 0.3 is 6.03 Å². The number of benzene rings is 2. The second kappa shape index (κ2) is 14.6. The minimum absolute atomic E-state index is 0.0980. The summed E-state index contributed by atoms with van der Waals surface area (Å²) in [6.45, 7) is 7.65. The Hall–Kier alpha value is -3.01. The van der Waals surface area contributed by atoms with Gasteiger partial charge in [0.25, 0.3) is 5.91 Å². The molecule has 3 amide bonds. The molecule has 1 aliphatic rings. The van der Waals surface area contributed by atoms with Gasteiger partial charge in [-0.1, -0.05) is 56.1 Å². The molecule has 0 aromatic heterocycles. The molecule has 40 heavy (non-hydrogen) atoms. The van der Waals surface area contributed by atoms with Crippen LogP contribution in [0.15, 0.2) is 47.6 Å². The average molecular weight is 591 g/mol. The number of carbonyl (C=O) groups is 2. The monoisotopic (exact) mass is 589 g/mol. The van der Waals surface area contributed by atoms with Crippen molar-refractivity contribution in [1.82, 2.24) is 21.1 Å². The zero-order valence-electron chi connectivity index (χ0n) is 23.7. The molecule has 1 saturated carbocycles. The van der Waals surface area contributed by atoms with Gasteiger partial charge in [-0.2, -0.15) is 5.10 Å². The van der Waals surface area contributed by atoms with Gasteiger partial charge in [0.2, 0.25) is 0 Å². The molecule has 0 radical (unpaired) electrons. The topological polar surface area (TPSA) is 124 Å². The lowest BCUT2D eigenvalue weighted by molar-refractivity contribution is 0.0954. The number of amidine groups is 1. The van der Waals surface area contributed by atoms with Crippen LogP contribution >= 0.6 is 23.2 Å². The third-order valence-corrected chi connectivity index (χ3v) is 7.80. The lowest BCUT2D eigenvalue weighted by atomic mass is 9.71. The van der Waals surface area contributed by atoms with E-state index in [9.17, 15) is 9.59 Å². The summed E-state index contributed by atoms with van der Waals surface area (Å²) in [7, 11) is 1.67. The van der Waals surface area contributed by atoms with Gasteiger partial charge in [0.05, 0.1) is 0 Å². The van der Waals surface area contributed by atoms with Crippen molar-refractivity contribution in [1.29, 1.82) is 0 Å². The normalized spacial score (nSPS) is 17.6. The number of urea groups is 1. The average Bonchev–Trinajstić information content (AvgIpc) is 2.90. The first-order valence-electron chi connectivity index (χ1n) is 13.6. The van der Waals surface area contributed by atoms with E-state index < -0.39 is 0 Å². The first-order valence-corrected chi connectivity index (χ1v) is 14.4.